The molecule has 0 radical (unpaired) electrons. The molecule has 1 amide bonds. The molecule has 0 bridgehead atoms. The Kier molecular flexibility index (Phi) is 6.88. The zero-order valence-electron chi connectivity index (χ0n) is 12.5. The molecule has 1 fully saturated rings. The number of amides is 1. The molecule has 0 aromatic carbocycles. The van der Waals surface area contributed by atoms with Crippen LogP contribution in [-0.2, 0) is 10.5 Å². The summed E-state index contributed by atoms with van der Waals surface area (Å²) in [5.74, 6) is 1.01. The highest BCUT2D eigenvalue weighted by molar-refractivity contribution is 7.99. The van der Waals surface area contributed by atoms with Crippen molar-refractivity contribution in [1.82, 2.24) is 20.0 Å². The Labute approximate surface area is 148 Å². The molecule has 3 heterocycles. The van der Waals surface area contributed by atoms with E-state index in [1.165, 1.54) is 33.6 Å². The molecule has 0 spiro atoms. The minimum Gasteiger partial charge on any atom is -0.351 e. The fourth-order valence-electron chi connectivity index (χ4n) is 2.45. The zero-order valence-corrected chi connectivity index (χ0v) is 14.9. The van der Waals surface area contributed by atoms with E-state index in [0.29, 0.717) is 16.5 Å². The molecule has 1 aliphatic rings. The van der Waals surface area contributed by atoms with Crippen molar-refractivity contribution < 1.29 is 4.79 Å². The number of thiazole rings is 1. The molecule has 126 valence electrons. The second-order valence-corrected chi connectivity index (χ2v) is 7.10. The average Bonchev–Trinajstić information content (AvgIpc) is 2.97. The van der Waals surface area contributed by atoms with E-state index in [0.717, 1.165) is 31.6 Å². The number of hydrogen-bond donors (Lipinski definition) is 2. The van der Waals surface area contributed by atoms with Crippen molar-refractivity contribution in [3.05, 3.63) is 33.7 Å². The van der Waals surface area contributed by atoms with E-state index in [1.54, 1.807) is 6.20 Å². The molecular weight excluding hydrogens is 356 g/mol. The largest absolute Gasteiger partial charge is 0.351 e. The first kappa shape index (κ1) is 18.3. The fourth-order valence-corrected chi connectivity index (χ4v) is 3.92. The van der Waals surface area contributed by atoms with Crippen molar-refractivity contribution in [2.45, 2.75) is 24.6 Å². The van der Waals surface area contributed by atoms with Crippen molar-refractivity contribution >= 4 is 46.4 Å². The predicted molar refractivity (Wildman–Crippen MR) is 96.8 cm³/mol. The van der Waals surface area contributed by atoms with Gasteiger partial charge in [0.05, 0.1) is 11.4 Å². The third kappa shape index (κ3) is 4.94. The Balaban J connectivity index is 0.00000192. The number of carbonyl (C=O) groups is 1. The average molecular weight is 375 g/mol. The van der Waals surface area contributed by atoms with Crippen LogP contribution in [0, 0.1) is 0 Å². The van der Waals surface area contributed by atoms with Gasteiger partial charge in [-0.25, -0.2) is 4.98 Å². The molecule has 0 aliphatic carbocycles. The standard InChI is InChI=1S/C14H18N4O2S2.ClH/c19-12(16-10-2-1-3-15-7-10)9-21-8-11-6-13(20)18-4-5-22-14(18)17-11;/h4-6,10,15H,1-3,7-9H2,(H,16,19);1H. The van der Waals surface area contributed by atoms with Gasteiger partial charge >= 0.3 is 0 Å². The molecular formula is C14H19ClN4O2S2. The van der Waals surface area contributed by atoms with Crippen LogP contribution < -0.4 is 16.2 Å². The lowest BCUT2D eigenvalue weighted by Gasteiger charge is -2.23. The molecule has 1 saturated heterocycles. The van der Waals surface area contributed by atoms with Crippen molar-refractivity contribution in [2.24, 2.45) is 0 Å². The molecule has 1 atom stereocenters. The number of rotatable bonds is 5. The Morgan fingerprint density at radius 1 is 1.57 bits per heavy atom. The van der Waals surface area contributed by atoms with Gasteiger partial charge in [-0.2, -0.15) is 0 Å². The highest BCUT2D eigenvalue weighted by atomic mass is 35.5. The zero-order chi connectivity index (χ0) is 15.4. The number of hydrogen-bond acceptors (Lipinski definition) is 6. The number of thioether (sulfide) groups is 1. The maximum absolute atomic E-state index is 11.9. The van der Waals surface area contributed by atoms with Crippen molar-refractivity contribution in [2.75, 3.05) is 18.8 Å². The maximum Gasteiger partial charge on any atom is 0.258 e. The fraction of sp³-hybridized carbons (Fsp3) is 0.500. The molecule has 1 unspecified atom stereocenters. The van der Waals surface area contributed by atoms with Gasteiger partial charge in [-0.1, -0.05) is 0 Å². The third-order valence-corrected chi connectivity index (χ3v) is 5.22. The normalized spacial score (nSPS) is 17.7. The summed E-state index contributed by atoms with van der Waals surface area (Å²) < 4.78 is 1.53. The Hall–Kier alpha value is -1.09. The number of nitrogens with zero attached hydrogens (tertiary/aromatic N) is 2. The summed E-state index contributed by atoms with van der Waals surface area (Å²) in [6.07, 6.45) is 3.86. The Morgan fingerprint density at radius 3 is 3.22 bits per heavy atom. The molecule has 9 heteroatoms. The molecule has 6 nitrogen and oxygen atoms in total. The minimum absolute atomic E-state index is 0. The number of halogens is 1. The van der Waals surface area contributed by atoms with E-state index in [9.17, 15) is 9.59 Å². The van der Waals surface area contributed by atoms with E-state index >= 15 is 0 Å². The van der Waals surface area contributed by atoms with E-state index in [-0.39, 0.29) is 29.9 Å². The van der Waals surface area contributed by atoms with Crippen molar-refractivity contribution in [3.8, 4) is 0 Å². The number of aromatic nitrogens is 2. The van der Waals surface area contributed by atoms with Gasteiger partial charge in [0.2, 0.25) is 5.91 Å². The number of fused-ring (bicyclic) bond motifs is 1. The monoisotopic (exact) mass is 374 g/mol. The van der Waals surface area contributed by atoms with Crippen molar-refractivity contribution in [3.63, 3.8) is 0 Å². The highest BCUT2D eigenvalue weighted by Crippen LogP contribution is 2.12. The van der Waals surface area contributed by atoms with E-state index in [1.807, 2.05) is 5.38 Å². The van der Waals surface area contributed by atoms with Gasteiger partial charge in [-0.15, -0.1) is 35.5 Å². The second kappa shape index (κ2) is 8.68. The Morgan fingerprint density at radius 2 is 2.43 bits per heavy atom. The van der Waals surface area contributed by atoms with Crippen LogP contribution in [0.3, 0.4) is 0 Å². The van der Waals surface area contributed by atoms with Crippen LogP contribution in [0.5, 0.6) is 0 Å². The van der Waals surface area contributed by atoms with Gasteiger partial charge in [-0.05, 0) is 19.4 Å². The summed E-state index contributed by atoms with van der Waals surface area (Å²) in [5.41, 5.74) is 0.657. The van der Waals surface area contributed by atoms with Crippen LogP contribution >= 0.6 is 35.5 Å². The summed E-state index contributed by atoms with van der Waals surface area (Å²) >= 11 is 2.92. The van der Waals surface area contributed by atoms with Crippen LogP contribution in [0.1, 0.15) is 18.5 Å². The van der Waals surface area contributed by atoms with Gasteiger partial charge in [0, 0.05) is 36.0 Å². The van der Waals surface area contributed by atoms with E-state index < -0.39 is 0 Å². The van der Waals surface area contributed by atoms with Crippen LogP contribution in [0.15, 0.2) is 22.4 Å². The highest BCUT2D eigenvalue weighted by Gasteiger charge is 2.15. The quantitative estimate of drug-likeness (QED) is 0.824. The van der Waals surface area contributed by atoms with Crippen LogP contribution in [0.2, 0.25) is 0 Å². The summed E-state index contributed by atoms with van der Waals surface area (Å²) in [4.78, 5) is 28.9. The van der Waals surface area contributed by atoms with Crippen molar-refractivity contribution in [1.29, 1.82) is 0 Å². The van der Waals surface area contributed by atoms with Crippen LogP contribution in [0.25, 0.3) is 4.96 Å². The molecule has 2 aromatic rings. The molecule has 1 aliphatic heterocycles. The summed E-state index contributed by atoms with van der Waals surface area (Å²) in [5, 5.41) is 8.15. The maximum atomic E-state index is 11.9. The number of piperidine rings is 1. The van der Waals surface area contributed by atoms with Crippen LogP contribution in [0.4, 0.5) is 0 Å². The van der Waals surface area contributed by atoms with E-state index in [4.69, 9.17) is 0 Å². The Bertz CT molecular complexity index is 712. The lowest BCUT2D eigenvalue weighted by Crippen LogP contribution is -2.46. The first-order valence-electron chi connectivity index (χ1n) is 7.26. The third-order valence-electron chi connectivity index (χ3n) is 3.50. The SMILES string of the molecule is Cl.O=C(CSCc1cc(=O)n2ccsc2n1)NC1CCCNC1. The summed E-state index contributed by atoms with van der Waals surface area (Å²) in [6.45, 7) is 1.89. The number of carbonyl (C=O) groups excluding carboxylic acids is 1. The summed E-state index contributed by atoms with van der Waals surface area (Å²) in [6, 6.07) is 1.78. The van der Waals surface area contributed by atoms with Gasteiger partial charge in [0.15, 0.2) is 4.96 Å². The van der Waals surface area contributed by atoms with Gasteiger partial charge < -0.3 is 10.6 Å². The topological polar surface area (TPSA) is 75.5 Å². The van der Waals surface area contributed by atoms with Gasteiger partial charge in [-0.3, -0.25) is 14.0 Å². The molecule has 3 rings (SSSR count). The molecule has 23 heavy (non-hydrogen) atoms. The predicted octanol–water partition coefficient (Wildman–Crippen LogP) is 1.28. The summed E-state index contributed by atoms with van der Waals surface area (Å²) in [7, 11) is 0. The first-order valence-corrected chi connectivity index (χ1v) is 9.29. The van der Waals surface area contributed by atoms with E-state index in [2.05, 4.69) is 15.6 Å². The minimum atomic E-state index is -0.0698. The smallest absolute Gasteiger partial charge is 0.258 e. The molecule has 2 aromatic heterocycles. The number of nitrogens with one attached hydrogen (secondary N) is 2. The van der Waals surface area contributed by atoms with Gasteiger partial charge in [0.1, 0.15) is 0 Å². The second-order valence-electron chi connectivity index (χ2n) is 5.24. The lowest BCUT2D eigenvalue weighted by atomic mass is 10.1. The first-order chi connectivity index (χ1) is 10.7. The molecule has 0 saturated carbocycles. The van der Waals surface area contributed by atoms with Crippen LogP contribution in [-0.4, -0.2) is 40.2 Å². The lowest BCUT2D eigenvalue weighted by molar-refractivity contribution is -0.119. The molecule has 2 N–H and O–H groups in total. The van der Waals surface area contributed by atoms with Gasteiger partial charge in [0.25, 0.3) is 5.56 Å².